The van der Waals surface area contributed by atoms with Crippen LogP contribution in [0.15, 0.2) is 42.5 Å². The van der Waals surface area contributed by atoms with Gasteiger partial charge in [-0.15, -0.1) is 0 Å². The van der Waals surface area contributed by atoms with Gasteiger partial charge in [0.2, 0.25) is 0 Å². The third-order valence-corrected chi connectivity index (χ3v) is 4.40. The summed E-state index contributed by atoms with van der Waals surface area (Å²) in [6.07, 6.45) is -4.59. The fourth-order valence-corrected chi connectivity index (χ4v) is 2.78. The zero-order chi connectivity index (χ0) is 20.4. The van der Waals surface area contributed by atoms with Gasteiger partial charge < -0.3 is 5.32 Å². The Morgan fingerprint density at radius 1 is 1.04 bits per heavy atom. The van der Waals surface area contributed by atoms with Crippen LogP contribution in [0.5, 0.6) is 0 Å². The summed E-state index contributed by atoms with van der Waals surface area (Å²) >= 11 is 10.8. The molecule has 27 heavy (non-hydrogen) atoms. The summed E-state index contributed by atoms with van der Waals surface area (Å²) in [5.41, 5.74) is 0.366. The molecular formula is C19H18ClF3N2OS. The first kappa shape index (κ1) is 21.2. The molecule has 0 heterocycles. The molecule has 0 bridgehead atoms. The van der Waals surface area contributed by atoms with Crippen molar-refractivity contribution in [2.45, 2.75) is 32.4 Å². The van der Waals surface area contributed by atoms with Crippen molar-refractivity contribution in [1.82, 2.24) is 5.32 Å². The Bertz CT molecular complexity index is 859. The maximum Gasteiger partial charge on any atom is 0.417 e. The highest BCUT2D eigenvalue weighted by Gasteiger charge is 2.34. The molecule has 0 saturated heterocycles. The second kappa shape index (κ2) is 7.86. The van der Waals surface area contributed by atoms with Crippen LogP contribution in [-0.4, -0.2) is 11.0 Å². The summed E-state index contributed by atoms with van der Waals surface area (Å²) < 4.78 is 38.7. The van der Waals surface area contributed by atoms with E-state index in [1.54, 1.807) is 12.1 Å². The van der Waals surface area contributed by atoms with E-state index in [-0.39, 0.29) is 16.2 Å². The van der Waals surface area contributed by atoms with Crippen molar-refractivity contribution < 1.29 is 18.0 Å². The molecule has 0 aliphatic rings. The van der Waals surface area contributed by atoms with Gasteiger partial charge in [0.05, 0.1) is 16.3 Å². The molecule has 0 aromatic heterocycles. The summed E-state index contributed by atoms with van der Waals surface area (Å²) in [4.78, 5) is 12.3. The van der Waals surface area contributed by atoms with E-state index in [0.717, 1.165) is 11.6 Å². The van der Waals surface area contributed by atoms with Gasteiger partial charge in [0.15, 0.2) is 5.11 Å². The molecule has 0 fully saturated rings. The molecule has 1 amide bonds. The zero-order valence-electron chi connectivity index (χ0n) is 14.9. The van der Waals surface area contributed by atoms with Gasteiger partial charge in [0.1, 0.15) is 0 Å². The van der Waals surface area contributed by atoms with Crippen molar-refractivity contribution in [3.8, 4) is 0 Å². The third-order valence-electron chi connectivity index (χ3n) is 3.79. The van der Waals surface area contributed by atoms with Crippen LogP contribution in [0.25, 0.3) is 0 Å². The average Bonchev–Trinajstić information content (AvgIpc) is 2.55. The molecule has 3 nitrogen and oxygen atoms in total. The lowest BCUT2D eigenvalue weighted by atomic mass is 9.87. The number of hydrogen-bond donors (Lipinski definition) is 2. The normalized spacial score (nSPS) is 11.8. The minimum Gasteiger partial charge on any atom is -0.331 e. The standard InChI is InChI=1S/C19H18ClF3N2OS/c1-18(2,3)12-9-7-11(8-10-12)16(26)25-17(27)24-14-6-4-5-13(15(14)20)19(21,22)23/h4-10H,1-3H3,(H2,24,25,26,27). The Kier molecular flexibility index (Phi) is 6.17. The van der Waals surface area contributed by atoms with Crippen LogP contribution in [0.4, 0.5) is 18.9 Å². The summed E-state index contributed by atoms with van der Waals surface area (Å²) in [6.45, 7) is 6.17. The van der Waals surface area contributed by atoms with Crippen LogP contribution in [0.3, 0.4) is 0 Å². The molecule has 2 rings (SSSR count). The Morgan fingerprint density at radius 2 is 1.63 bits per heavy atom. The molecular weight excluding hydrogens is 397 g/mol. The summed E-state index contributed by atoms with van der Waals surface area (Å²) in [5.74, 6) is -0.476. The molecule has 0 radical (unpaired) electrons. The lowest BCUT2D eigenvalue weighted by molar-refractivity contribution is -0.137. The largest absolute Gasteiger partial charge is 0.417 e. The second-order valence-corrected chi connectivity index (χ2v) is 7.69. The highest BCUT2D eigenvalue weighted by molar-refractivity contribution is 7.80. The van der Waals surface area contributed by atoms with Gasteiger partial charge in [-0.25, -0.2) is 0 Å². The van der Waals surface area contributed by atoms with E-state index in [2.05, 4.69) is 31.4 Å². The van der Waals surface area contributed by atoms with Gasteiger partial charge >= 0.3 is 6.18 Å². The number of carbonyl (C=O) groups is 1. The van der Waals surface area contributed by atoms with Gasteiger partial charge in [-0.05, 0) is 47.5 Å². The summed E-state index contributed by atoms with van der Waals surface area (Å²) in [7, 11) is 0. The molecule has 2 aromatic carbocycles. The van der Waals surface area contributed by atoms with Gasteiger partial charge in [0, 0.05) is 5.56 Å². The monoisotopic (exact) mass is 414 g/mol. The molecule has 0 unspecified atom stereocenters. The first-order valence-electron chi connectivity index (χ1n) is 7.98. The number of benzene rings is 2. The highest BCUT2D eigenvalue weighted by atomic mass is 35.5. The van der Waals surface area contributed by atoms with Gasteiger partial charge in [0.25, 0.3) is 5.91 Å². The lowest BCUT2D eigenvalue weighted by Crippen LogP contribution is -2.34. The number of amides is 1. The first-order chi connectivity index (χ1) is 12.4. The van der Waals surface area contributed by atoms with Gasteiger partial charge in [-0.1, -0.05) is 50.6 Å². The summed E-state index contributed by atoms with van der Waals surface area (Å²) in [6, 6.07) is 10.4. The predicted octanol–water partition coefficient (Wildman–Crippen LogP) is 5.78. The van der Waals surface area contributed by atoms with E-state index >= 15 is 0 Å². The molecule has 2 aromatic rings. The Morgan fingerprint density at radius 3 is 2.15 bits per heavy atom. The molecule has 0 atom stereocenters. The smallest absolute Gasteiger partial charge is 0.331 e. The zero-order valence-corrected chi connectivity index (χ0v) is 16.4. The van der Waals surface area contributed by atoms with E-state index in [1.165, 1.54) is 12.1 Å². The van der Waals surface area contributed by atoms with E-state index in [4.69, 9.17) is 23.8 Å². The maximum absolute atomic E-state index is 12.9. The third kappa shape index (κ3) is 5.43. The van der Waals surface area contributed by atoms with Crippen molar-refractivity contribution >= 4 is 40.5 Å². The highest BCUT2D eigenvalue weighted by Crippen LogP contribution is 2.38. The van der Waals surface area contributed by atoms with Crippen molar-refractivity contribution in [2.24, 2.45) is 0 Å². The number of hydrogen-bond acceptors (Lipinski definition) is 2. The first-order valence-corrected chi connectivity index (χ1v) is 8.77. The van der Waals surface area contributed by atoms with Crippen LogP contribution in [0.1, 0.15) is 42.3 Å². The predicted molar refractivity (Wildman–Crippen MR) is 105 cm³/mol. The molecule has 144 valence electrons. The molecule has 0 spiro atoms. The molecule has 0 aliphatic carbocycles. The van der Waals surface area contributed by atoms with Crippen LogP contribution in [-0.2, 0) is 11.6 Å². The minimum atomic E-state index is -4.59. The molecule has 0 saturated carbocycles. The number of halogens is 4. The number of carbonyl (C=O) groups excluding carboxylic acids is 1. The lowest BCUT2D eigenvalue weighted by Gasteiger charge is -2.19. The van der Waals surface area contributed by atoms with E-state index in [1.807, 2.05) is 12.1 Å². The Hall–Kier alpha value is -2.12. The number of nitrogens with one attached hydrogen (secondary N) is 2. The van der Waals surface area contributed by atoms with E-state index in [9.17, 15) is 18.0 Å². The minimum absolute atomic E-state index is 0.0418. The topological polar surface area (TPSA) is 41.1 Å². The van der Waals surface area contributed by atoms with Crippen LogP contribution in [0.2, 0.25) is 5.02 Å². The number of thiocarbonyl (C=S) groups is 1. The second-order valence-electron chi connectivity index (χ2n) is 6.90. The Labute approximate surface area is 165 Å². The van der Waals surface area contributed by atoms with Crippen molar-refractivity contribution in [3.05, 3.63) is 64.2 Å². The number of anilines is 1. The van der Waals surface area contributed by atoms with E-state index < -0.39 is 22.7 Å². The average molecular weight is 415 g/mol. The van der Waals surface area contributed by atoms with Crippen LogP contribution in [0, 0.1) is 0 Å². The van der Waals surface area contributed by atoms with Gasteiger partial charge in [-0.3, -0.25) is 10.1 Å². The quantitative estimate of drug-likeness (QED) is 0.612. The van der Waals surface area contributed by atoms with Crippen LogP contribution >= 0.6 is 23.8 Å². The molecule has 8 heteroatoms. The van der Waals surface area contributed by atoms with Crippen molar-refractivity contribution in [1.29, 1.82) is 0 Å². The maximum atomic E-state index is 12.9. The SMILES string of the molecule is CC(C)(C)c1ccc(C(=O)NC(=S)Nc2cccc(C(F)(F)F)c2Cl)cc1. The number of rotatable bonds is 2. The van der Waals surface area contributed by atoms with E-state index in [0.29, 0.717) is 5.56 Å². The van der Waals surface area contributed by atoms with Crippen LogP contribution < -0.4 is 10.6 Å². The summed E-state index contributed by atoms with van der Waals surface area (Å²) in [5, 5.41) is 4.29. The number of alkyl halides is 3. The Balaban J connectivity index is 2.09. The van der Waals surface area contributed by atoms with Gasteiger partial charge in [-0.2, -0.15) is 13.2 Å². The van der Waals surface area contributed by atoms with Crippen molar-refractivity contribution in [3.63, 3.8) is 0 Å². The fraction of sp³-hybridized carbons (Fsp3) is 0.263. The molecule has 2 N–H and O–H groups in total. The fourth-order valence-electron chi connectivity index (χ4n) is 2.30. The van der Waals surface area contributed by atoms with Crippen molar-refractivity contribution in [2.75, 3.05) is 5.32 Å². The molecule has 0 aliphatic heterocycles.